The number of amides is 1. The van der Waals surface area contributed by atoms with Crippen molar-refractivity contribution in [3.63, 3.8) is 0 Å². The summed E-state index contributed by atoms with van der Waals surface area (Å²) >= 11 is 0. The van der Waals surface area contributed by atoms with E-state index in [2.05, 4.69) is 15.3 Å². The molecule has 2 atom stereocenters. The van der Waals surface area contributed by atoms with Gasteiger partial charge in [-0.2, -0.15) is 0 Å². The topological polar surface area (TPSA) is 98.3 Å². The zero-order valence-electron chi connectivity index (χ0n) is 11.1. The number of carboxylic acid groups (broad SMARTS) is 1. The molecule has 1 aromatic heterocycles. The minimum Gasteiger partial charge on any atom is -0.481 e. The van der Waals surface area contributed by atoms with Crippen LogP contribution in [0.4, 0.5) is 0 Å². The summed E-state index contributed by atoms with van der Waals surface area (Å²) in [4.78, 5) is 32.5. The summed E-state index contributed by atoms with van der Waals surface area (Å²) in [7, 11) is 0. The predicted octanol–water partition coefficient (Wildman–Crippen LogP) is -0.253. The van der Waals surface area contributed by atoms with E-state index in [4.69, 9.17) is 5.11 Å². The standard InChI is InChI=1S/C13H18N4O3/c18-12(17-3-1-2-8(6-17)13(19)20)10-4-9-11(5-14-10)16-7-15-9/h7-8,10,14H,1-6H2,(H,15,16)(H,19,20). The molecule has 7 heteroatoms. The van der Waals surface area contributed by atoms with Crippen LogP contribution in [0.25, 0.3) is 0 Å². The summed E-state index contributed by atoms with van der Waals surface area (Å²) in [6.07, 6.45) is 3.61. The molecule has 3 rings (SSSR count). The third-order valence-electron chi connectivity index (χ3n) is 4.11. The number of nitrogens with zero attached hydrogens (tertiary/aromatic N) is 2. The van der Waals surface area contributed by atoms with Crippen molar-refractivity contribution in [1.29, 1.82) is 0 Å². The van der Waals surface area contributed by atoms with E-state index >= 15 is 0 Å². The monoisotopic (exact) mass is 278 g/mol. The van der Waals surface area contributed by atoms with Crippen molar-refractivity contribution < 1.29 is 14.7 Å². The van der Waals surface area contributed by atoms with E-state index < -0.39 is 11.9 Å². The number of imidazole rings is 1. The maximum absolute atomic E-state index is 12.5. The SMILES string of the molecule is O=C(O)C1CCCN(C(=O)C2Cc3nc[nH]c3CN2)C1. The van der Waals surface area contributed by atoms with Crippen molar-refractivity contribution in [2.75, 3.05) is 13.1 Å². The summed E-state index contributed by atoms with van der Waals surface area (Å²) in [6, 6.07) is -0.293. The molecular weight excluding hydrogens is 260 g/mol. The molecule has 7 nitrogen and oxygen atoms in total. The van der Waals surface area contributed by atoms with E-state index in [9.17, 15) is 9.59 Å². The third kappa shape index (κ3) is 2.40. The highest BCUT2D eigenvalue weighted by atomic mass is 16.4. The molecule has 0 radical (unpaired) electrons. The van der Waals surface area contributed by atoms with Crippen molar-refractivity contribution >= 4 is 11.9 Å². The van der Waals surface area contributed by atoms with Gasteiger partial charge in [-0.3, -0.25) is 14.9 Å². The Labute approximate surface area is 116 Å². The summed E-state index contributed by atoms with van der Waals surface area (Å²) in [5.74, 6) is -1.25. The van der Waals surface area contributed by atoms with E-state index in [0.29, 0.717) is 32.5 Å². The second kappa shape index (κ2) is 5.24. The minimum atomic E-state index is -0.811. The number of carboxylic acids is 1. The first-order valence-electron chi connectivity index (χ1n) is 6.91. The van der Waals surface area contributed by atoms with E-state index in [1.807, 2.05) is 0 Å². The number of hydrogen-bond donors (Lipinski definition) is 3. The van der Waals surface area contributed by atoms with Crippen LogP contribution in [0.1, 0.15) is 24.2 Å². The molecule has 0 aromatic carbocycles. The molecule has 3 N–H and O–H groups in total. The summed E-state index contributed by atoms with van der Waals surface area (Å²) in [5.41, 5.74) is 1.95. The lowest BCUT2D eigenvalue weighted by atomic mass is 9.96. The molecule has 1 aromatic rings. The highest BCUT2D eigenvalue weighted by Crippen LogP contribution is 2.20. The maximum Gasteiger partial charge on any atom is 0.308 e. The molecule has 20 heavy (non-hydrogen) atoms. The first-order valence-corrected chi connectivity index (χ1v) is 6.91. The van der Waals surface area contributed by atoms with Crippen molar-refractivity contribution in [2.24, 2.45) is 5.92 Å². The van der Waals surface area contributed by atoms with Crippen LogP contribution in [-0.4, -0.2) is 51.0 Å². The van der Waals surface area contributed by atoms with Gasteiger partial charge in [-0.1, -0.05) is 0 Å². The smallest absolute Gasteiger partial charge is 0.308 e. The van der Waals surface area contributed by atoms with Gasteiger partial charge in [-0.15, -0.1) is 0 Å². The van der Waals surface area contributed by atoms with Crippen LogP contribution in [-0.2, 0) is 22.6 Å². The largest absolute Gasteiger partial charge is 0.481 e. The van der Waals surface area contributed by atoms with E-state index in [1.54, 1.807) is 11.2 Å². The molecule has 2 aliphatic heterocycles. The summed E-state index contributed by atoms with van der Waals surface area (Å²) in [5, 5.41) is 12.3. The van der Waals surface area contributed by atoms with Gasteiger partial charge in [0.15, 0.2) is 0 Å². The second-order valence-electron chi connectivity index (χ2n) is 5.43. The number of fused-ring (bicyclic) bond motifs is 1. The number of carbonyl (C=O) groups excluding carboxylic acids is 1. The van der Waals surface area contributed by atoms with Gasteiger partial charge >= 0.3 is 5.97 Å². The molecular formula is C13H18N4O3. The van der Waals surface area contributed by atoms with Gasteiger partial charge in [0.1, 0.15) is 0 Å². The zero-order valence-corrected chi connectivity index (χ0v) is 11.1. The number of aliphatic carboxylic acids is 1. The van der Waals surface area contributed by atoms with Gasteiger partial charge in [0.05, 0.1) is 29.7 Å². The summed E-state index contributed by atoms with van der Waals surface area (Å²) in [6.45, 7) is 1.57. The average Bonchev–Trinajstić information content (AvgIpc) is 2.94. The van der Waals surface area contributed by atoms with Gasteiger partial charge in [0.2, 0.25) is 5.91 Å². The quantitative estimate of drug-likeness (QED) is 0.693. The van der Waals surface area contributed by atoms with Crippen LogP contribution in [0.5, 0.6) is 0 Å². The van der Waals surface area contributed by atoms with E-state index in [0.717, 1.165) is 17.8 Å². The number of aromatic nitrogens is 2. The summed E-state index contributed by atoms with van der Waals surface area (Å²) < 4.78 is 0. The second-order valence-corrected chi connectivity index (χ2v) is 5.43. The van der Waals surface area contributed by atoms with Gasteiger partial charge < -0.3 is 15.0 Å². The number of H-pyrrole nitrogens is 1. The Morgan fingerprint density at radius 2 is 2.30 bits per heavy atom. The van der Waals surface area contributed by atoms with Crippen LogP contribution in [0, 0.1) is 5.92 Å². The number of hydrogen-bond acceptors (Lipinski definition) is 4. The first kappa shape index (κ1) is 13.1. The minimum absolute atomic E-state index is 0.00963. The number of rotatable bonds is 2. The van der Waals surface area contributed by atoms with Crippen LogP contribution in [0.3, 0.4) is 0 Å². The Morgan fingerprint density at radius 1 is 1.45 bits per heavy atom. The highest BCUT2D eigenvalue weighted by molar-refractivity contribution is 5.83. The molecule has 1 amide bonds. The van der Waals surface area contributed by atoms with Crippen molar-refractivity contribution in [1.82, 2.24) is 20.2 Å². The van der Waals surface area contributed by atoms with Crippen molar-refractivity contribution in [3.8, 4) is 0 Å². The Kier molecular flexibility index (Phi) is 3.43. The van der Waals surface area contributed by atoms with E-state index in [-0.39, 0.29) is 11.9 Å². The molecule has 108 valence electrons. The molecule has 0 saturated carbocycles. The van der Waals surface area contributed by atoms with Crippen molar-refractivity contribution in [2.45, 2.75) is 31.8 Å². The van der Waals surface area contributed by atoms with Gasteiger partial charge in [-0.05, 0) is 12.8 Å². The lowest BCUT2D eigenvalue weighted by Crippen LogP contribution is -2.52. The fourth-order valence-electron chi connectivity index (χ4n) is 2.94. The Morgan fingerprint density at radius 3 is 3.10 bits per heavy atom. The number of aromatic amines is 1. The number of likely N-dealkylation sites (tertiary alicyclic amines) is 1. The normalized spacial score (nSPS) is 26.1. The van der Waals surface area contributed by atoms with Crippen LogP contribution in [0.15, 0.2) is 6.33 Å². The molecule has 2 unspecified atom stereocenters. The Hall–Kier alpha value is -1.89. The van der Waals surface area contributed by atoms with Gasteiger partial charge in [0.25, 0.3) is 0 Å². The van der Waals surface area contributed by atoms with Crippen LogP contribution in [0.2, 0.25) is 0 Å². The molecule has 2 aliphatic rings. The van der Waals surface area contributed by atoms with Crippen LogP contribution >= 0.6 is 0 Å². The first-order chi connectivity index (χ1) is 9.65. The fraction of sp³-hybridized carbons (Fsp3) is 0.615. The third-order valence-corrected chi connectivity index (χ3v) is 4.11. The highest BCUT2D eigenvalue weighted by Gasteiger charge is 2.33. The zero-order chi connectivity index (χ0) is 14.1. The van der Waals surface area contributed by atoms with Gasteiger partial charge in [-0.25, -0.2) is 4.98 Å². The molecule has 1 fully saturated rings. The molecule has 1 saturated heterocycles. The molecule has 0 bridgehead atoms. The Balaban J connectivity index is 1.66. The lowest BCUT2D eigenvalue weighted by Gasteiger charge is -2.34. The van der Waals surface area contributed by atoms with E-state index in [1.165, 1.54) is 0 Å². The van der Waals surface area contributed by atoms with Gasteiger partial charge in [0, 0.05) is 26.1 Å². The molecule has 3 heterocycles. The number of carbonyl (C=O) groups is 2. The van der Waals surface area contributed by atoms with Crippen molar-refractivity contribution in [3.05, 3.63) is 17.7 Å². The maximum atomic E-state index is 12.5. The number of nitrogens with one attached hydrogen (secondary N) is 2. The molecule has 0 aliphatic carbocycles. The average molecular weight is 278 g/mol. The number of piperidine rings is 1. The van der Waals surface area contributed by atoms with Crippen LogP contribution < -0.4 is 5.32 Å². The Bertz CT molecular complexity index is 527. The lowest BCUT2D eigenvalue weighted by molar-refractivity contribution is -0.146. The fourth-order valence-corrected chi connectivity index (χ4v) is 2.94. The molecule has 0 spiro atoms. The predicted molar refractivity (Wildman–Crippen MR) is 69.9 cm³/mol.